The van der Waals surface area contributed by atoms with E-state index in [9.17, 15) is 4.79 Å². The van der Waals surface area contributed by atoms with Crippen molar-refractivity contribution >= 4 is 5.91 Å². The number of nitrogens with one attached hydrogen (secondary N) is 1. The van der Waals surface area contributed by atoms with E-state index in [0.29, 0.717) is 6.04 Å². The molecule has 3 heteroatoms. The van der Waals surface area contributed by atoms with Crippen LogP contribution in [0.4, 0.5) is 0 Å². The summed E-state index contributed by atoms with van der Waals surface area (Å²) in [5.41, 5.74) is 0.866. The highest BCUT2D eigenvalue weighted by molar-refractivity contribution is 5.92. The topological polar surface area (TPSA) is 32.3 Å². The van der Waals surface area contributed by atoms with Gasteiger partial charge in [0, 0.05) is 25.2 Å². The number of carbonyl (C=O) groups is 1. The number of hydrogen-bond acceptors (Lipinski definition) is 2. The van der Waals surface area contributed by atoms with E-state index >= 15 is 0 Å². The van der Waals surface area contributed by atoms with Crippen molar-refractivity contribution in [1.82, 2.24) is 10.2 Å². The Bertz CT molecular complexity index is 242. The highest BCUT2D eigenvalue weighted by atomic mass is 16.2. The maximum Gasteiger partial charge on any atom is 0.249 e. The van der Waals surface area contributed by atoms with Crippen LogP contribution in [0.25, 0.3) is 0 Å². The molecule has 1 atom stereocenters. The Morgan fingerprint density at radius 3 is 2.87 bits per heavy atom. The smallest absolute Gasteiger partial charge is 0.249 e. The standard InChI is InChI=1S/C12H22N2O/c1-4-6-10(2)12(15)14(3)11-7-5-8-13-9-11/h6,11,13H,4-5,7-9H2,1-3H3. The Morgan fingerprint density at radius 1 is 1.60 bits per heavy atom. The lowest BCUT2D eigenvalue weighted by molar-refractivity contribution is -0.128. The molecular weight excluding hydrogens is 188 g/mol. The molecule has 1 fully saturated rings. The van der Waals surface area contributed by atoms with Crippen molar-refractivity contribution in [2.24, 2.45) is 0 Å². The number of hydrogen-bond donors (Lipinski definition) is 1. The normalized spacial score (nSPS) is 22.6. The van der Waals surface area contributed by atoms with Gasteiger partial charge in [0.05, 0.1) is 0 Å². The van der Waals surface area contributed by atoms with E-state index in [1.54, 1.807) is 0 Å². The van der Waals surface area contributed by atoms with Crippen molar-refractivity contribution in [3.63, 3.8) is 0 Å². The highest BCUT2D eigenvalue weighted by Crippen LogP contribution is 2.11. The first-order chi connectivity index (χ1) is 7.16. The third-order valence-electron chi connectivity index (χ3n) is 2.99. The summed E-state index contributed by atoms with van der Waals surface area (Å²) in [6, 6.07) is 0.367. The van der Waals surface area contributed by atoms with Gasteiger partial charge in [-0.2, -0.15) is 0 Å². The van der Waals surface area contributed by atoms with Gasteiger partial charge in [0.2, 0.25) is 5.91 Å². The molecule has 0 aromatic carbocycles. The first-order valence-electron chi connectivity index (χ1n) is 5.81. The molecule has 1 saturated heterocycles. The second kappa shape index (κ2) is 5.91. The molecular formula is C12H22N2O. The Labute approximate surface area is 92.5 Å². The fourth-order valence-electron chi connectivity index (χ4n) is 2.00. The molecule has 15 heavy (non-hydrogen) atoms. The summed E-state index contributed by atoms with van der Waals surface area (Å²) in [4.78, 5) is 13.8. The summed E-state index contributed by atoms with van der Waals surface area (Å²) in [6.45, 7) is 5.97. The lowest BCUT2D eigenvalue weighted by Gasteiger charge is -2.32. The summed E-state index contributed by atoms with van der Waals surface area (Å²) in [6.07, 6.45) is 5.21. The Hall–Kier alpha value is -0.830. The van der Waals surface area contributed by atoms with Crippen LogP contribution in [0.1, 0.15) is 33.1 Å². The first kappa shape index (κ1) is 12.2. The van der Waals surface area contributed by atoms with Crippen LogP contribution in [-0.2, 0) is 4.79 Å². The Morgan fingerprint density at radius 2 is 2.33 bits per heavy atom. The van der Waals surface area contributed by atoms with Gasteiger partial charge in [0.25, 0.3) is 0 Å². The second-order valence-electron chi connectivity index (χ2n) is 4.21. The summed E-state index contributed by atoms with van der Waals surface area (Å²) in [5, 5.41) is 3.33. The predicted octanol–water partition coefficient (Wildman–Crippen LogP) is 1.55. The molecule has 3 nitrogen and oxygen atoms in total. The first-order valence-corrected chi connectivity index (χ1v) is 5.81. The Balaban J connectivity index is 2.54. The quantitative estimate of drug-likeness (QED) is 0.717. The van der Waals surface area contributed by atoms with Gasteiger partial charge >= 0.3 is 0 Å². The average molecular weight is 210 g/mol. The van der Waals surface area contributed by atoms with Crippen molar-refractivity contribution in [2.45, 2.75) is 39.2 Å². The number of carbonyl (C=O) groups excluding carboxylic acids is 1. The fourth-order valence-corrected chi connectivity index (χ4v) is 2.00. The molecule has 0 aromatic rings. The van der Waals surface area contributed by atoms with Gasteiger partial charge in [-0.15, -0.1) is 0 Å². The van der Waals surface area contributed by atoms with Crippen LogP contribution in [-0.4, -0.2) is 37.0 Å². The minimum absolute atomic E-state index is 0.172. The van der Waals surface area contributed by atoms with Crippen molar-refractivity contribution < 1.29 is 4.79 Å². The number of rotatable bonds is 3. The van der Waals surface area contributed by atoms with Gasteiger partial charge in [-0.05, 0) is 32.7 Å². The van der Waals surface area contributed by atoms with Crippen LogP contribution in [0.2, 0.25) is 0 Å². The zero-order chi connectivity index (χ0) is 11.3. The fraction of sp³-hybridized carbons (Fsp3) is 0.750. The van der Waals surface area contributed by atoms with E-state index in [2.05, 4.69) is 12.2 Å². The van der Waals surface area contributed by atoms with E-state index in [0.717, 1.165) is 31.5 Å². The number of likely N-dealkylation sites (N-methyl/N-ethyl adjacent to an activating group) is 1. The molecule has 1 aliphatic rings. The summed E-state index contributed by atoms with van der Waals surface area (Å²) in [7, 11) is 1.91. The molecule has 0 bridgehead atoms. The molecule has 1 rings (SSSR count). The molecule has 1 aliphatic heterocycles. The van der Waals surface area contributed by atoms with E-state index < -0.39 is 0 Å². The zero-order valence-corrected chi connectivity index (χ0v) is 10.0. The minimum Gasteiger partial charge on any atom is -0.338 e. The van der Waals surface area contributed by atoms with Crippen LogP contribution in [0.5, 0.6) is 0 Å². The van der Waals surface area contributed by atoms with Crippen molar-refractivity contribution in [2.75, 3.05) is 20.1 Å². The molecule has 1 unspecified atom stereocenters. The highest BCUT2D eigenvalue weighted by Gasteiger charge is 2.22. The molecule has 0 spiro atoms. The van der Waals surface area contributed by atoms with Crippen LogP contribution in [0.15, 0.2) is 11.6 Å². The zero-order valence-electron chi connectivity index (χ0n) is 10.0. The van der Waals surface area contributed by atoms with Crippen LogP contribution >= 0.6 is 0 Å². The van der Waals surface area contributed by atoms with E-state index in [-0.39, 0.29) is 5.91 Å². The van der Waals surface area contributed by atoms with Gasteiger partial charge < -0.3 is 10.2 Å². The number of piperidine rings is 1. The van der Waals surface area contributed by atoms with E-state index in [1.807, 2.05) is 24.9 Å². The molecule has 0 radical (unpaired) electrons. The maximum atomic E-state index is 12.0. The third kappa shape index (κ3) is 3.34. The Kier molecular flexibility index (Phi) is 4.82. The lowest BCUT2D eigenvalue weighted by atomic mass is 10.1. The molecule has 0 saturated carbocycles. The lowest BCUT2D eigenvalue weighted by Crippen LogP contribution is -2.46. The van der Waals surface area contributed by atoms with Crippen LogP contribution in [0, 0.1) is 0 Å². The molecule has 1 heterocycles. The van der Waals surface area contributed by atoms with E-state index in [4.69, 9.17) is 0 Å². The molecule has 86 valence electrons. The molecule has 1 N–H and O–H groups in total. The summed E-state index contributed by atoms with van der Waals surface area (Å²) >= 11 is 0. The SMILES string of the molecule is CCC=C(C)C(=O)N(C)C1CCCNC1. The van der Waals surface area contributed by atoms with Gasteiger partial charge in [-0.3, -0.25) is 4.79 Å². The third-order valence-corrected chi connectivity index (χ3v) is 2.99. The summed E-state index contributed by atoms with van der Waals surface area (Å²) < 4.78 is 0. The van der Waals surface area contributed by atoms with Gasteiger partial charge in [0.15, 0.2) is 0 Å². The van der Waals surface area contributed by atoms with Crippen LogP contribution in [0.3, 0.4) is 0 Å². The number of amides is 1. The van der Waals surface area contributed by atoms with Crippen LogP contribution < -0.4 is 5.32 Å². The average Bonchev–Trinajstić information content (AvgIpc) is 2.28. The molecule has 1 amide bonds. The van der Waals surface area contributed by atoms with Crippen molar-refractivity contribution in [3.8, 4) is 0 Å². The van der Waals surface area contributed by atoms with Gasteiger partial charge in [-0.25, -0.2) is 0 Å². The predicted molar refractivity (Wildman–Crippen MR) is 62.7 cm³/mol. The van der Waals surface area contributed by atoms with E-state index in [1.165, 1.54) is 6.42 Å². The minimum atomic E-state index is 0.172. The number of nitrogens with zero attached hydrogens (tertiary/aromatic N) is 1. The second-order valence-corrected chi connectivity index (χ2v) is 4.21. The summed E-state index contributed by atoms with van der Waals surface area (Å²) in [5.74, 6) is 0.172. The number of allylic oxidation sites excluding steroid dienone is 1. The van der Waals surface area contributed by atoms with Gasteiger partial charge in [0.1, 0.15) is 0 Å². The maximum absolute atomic E-state index is 12.0. The van der Waals surface area contributed by atoms with Crippen molar-refractivity contribution in [1.29, 1.82) is 0 Å². The van der Waals surface area contributed by atoms with Crippen molar-refractivity contribution in [3.05, 3.63) is 11.6 Å². The molecule has 0 aromatic heterocycles. The van der Waals surface area contributed by atoms with Gasteiger partial charge in [-0.1, -0.05) is 13.0 Å². The largest absolute Gasteiger partial charge is 0.338 e. The molecule has 0 aliphatic carbocycles. The monoisotopic (exact) mass is 210 g/mol.